The maximum Gasteiger partial charge on any atom is 0.243 e. The van der Waals surface area contributed by atoms with Crippen LogP contribution in [0.3, 0.4) is 0 Å². The van der Waals surface area contributed by atoms with Crippen LogP contribution in [0.1, 0.15) is 5.56 Å². The van der Waals surface area contributed by atoms with Crippen molar-refractivity contribution in [2.24, 2.45) is 0 Å². The van der Waals surface area contributed by atoms with E-state index >= 15 is 0 Å². The molecule has 2 aromatic carbocycles. The Labute approximate surface area is 152 Å². The fourth-order valence-corrected chi connectivity index (χ4v) is 4.44. The van der Waals surface area contributed by atoms with Crippen molar-refractivity contribution >= 4 is 38.9 Å². The number of anilines is 1. The molecule has 24 heavy (non-hydrogen) atoms. The maximum atomic E-state index is 12.7. The summed E-state index contributed by atoms with van der Waals surface area (Å²) in [5, 5.41) is 1.25. The molecule has 2 aromatic rings. The molecule has 0 N–H and O–H groups in total. The predicted molar refractivity (Wildman–Crippen MR) is 98.6 cm³/mol. The molecular weight excluding hydrogens is 367 g/mol. The van der Waals surface area contributed by atoms with Crippen molar-refractivity contribution in [3.63, 3.8) is 0 Å². The number of piperazine rings is 1. The van der Waals surface area contributed by atoms with Gasteiger partial charge in [0.25, 0.3) is 0 Å². The average molecular weight is 385 g/mol. The molecule has 1 aliphatic rings. The lowest BCUT2D eigenvalue weighted by Crippen LogP contribution is -2.48. The van der Waals surface area contributed by atoms with E-state index in [0.29, 0.717) is 31.2 Å². The van der Waals surface area contributed by atoms with E-state index in [1.165, 1.54) is 4.31 Å². The SMILES string of the molecule is Cc1ccc(N2CCN(S(=O)(=O)c3ccc(Cl)cc3)CC2)cc1Cl. The fourth-order valence-electron chi connectivity index (χ4n) is 2.72. The highest BCUT2D eigenvalue weighted by molar-refractivity contribution is 7.89. The third kappa shape index (κ3) is 3.54. The van der Waals surface area contributed by atoms with Gasteiger partial charge in [-0.3, -0.25) is 0 Å². The molecule has 1 saturated heterocycles. The number of halogens is 2. The molecule has 0 radical (unpaired) electrons. The zero-order valence-corrected chi connectivity index (χ0v) is 15.6. The molecule has 1 aliphatic heterocycles. The molecule has 0 unspecified atom stereocenters. The standard InChI is InChI=1S/C17H18Cl2N2O2S/c1-13-2-5-15(12-17(13)19)20-8-10-21(11-9-20)24(22,23)16-6-3-14(18)4-7-16/h2-7,12H,8-11H2,1H3. The number of benzene rings is 2. The molecule has 1 fully saturated rings. The highest BCUT2D eigenvalue weighted by atomic mass is 35.5. The third-order valence-corrected chi connectivity index (χ3v) is 6.78. The van der Waals surface area contributed by atoms with Crippen molar-refractivity contribution in [3.05, 3.63) is 58.1 Å². The minimum absolute atomic E-state index is 0.277. The van der Waals surface area contributed by atoms with Gasteiger partial charge in [0.15, 0.2) is 0 Å². The van der Waals surface area contributed by atoms with E-state index in [1.54, 1.807) is 24.3 Å². The first kappa shape index (κ1) is 17.5. The van der Waals surface area contributed by atoms with Crippen LogP contribution in [0.5, 0.6) is 0 Å². The molecule has 0 spiro atoms. The number of sulfonamides is 1. The lowest BCUT2D eigenvalue weighted by Gasteiger charge is -2.35. The largest absolute Gasteiger partial charge is 0.369 e. The molecule has 0 aromatic heterocycles. The van der Waals surface area contributed by atoms with Crippen LogP contribution in [-0.2, 0) is 10.0 Å². The van der Waals surface area contributed by atoms with E-state index in [2.05, 4.69) is 4.90 Å². The summed E-state index contributed by atoms with van der Waals surface area (Å²) in [5.41, 5.74) is 2.05. The Balaban J connectivity index is 1.72. The van der Waals surface area contributed by atoms with Crippen LogP contribution in [0.4, 0.5) is 5.69 Å². The zero-order valence-electron chi connectivity index (χ0n) is 13.2. The van der Waals surface area contributed by atoms with Crippen LogP contribution in [-0.4, -0.2) is 38.9 Å². The first-order valence-electron chi connectivity index (χ1n) is 7.65. The van der Waals surface area contributed by atoms with Crippen molar-refractivity contribution in [1.29, 1.82) is 0 Å². The van der Waals surface area contributed by atoms with Gasteiger partial charge in [-0.15, -0.1) is 0 Å². The molecule has 7 heteroatoms. The fraction of sp³-hybridized carbons (Fsp3) is 0.294. The second-order valence-electron chi connectivity index (χ2n) is 5.78. The van der Waals surface area contributed by atoms with Crippen molar-refractivity contribution < 1.29 is 8.42 Å². The van der Waals surface area contributed by atoms with Gasteiger partial charge < -0.3 is 4.90 Å². The lowest BCUT2D eigenvalue weighted by atomic mass is 10.2. The molecule has 4 nitrogen and oxygen atoms in total. The van der Waals surface area contributed by atoms with E-state index < -0.39 is 10.0 Å². The molecule has 0 amide bonds. The number of hydrogen-bond donors (Lipinski definition) is 0. The van der Waals surface area contributed by atoms with Gasteiger partial charge in [-0.05, 0) is 48.9 Å². The van der Waals surface area contributed by atoms with Crippen LogP contribution in [0.25, 0.3) is 0 Å². The Kier molecular flexibility index (Phi) is 5.06. The van der Waals surface area contributed by atoms with Crippen LogP contribution in [0.2, 0.25) is 10.0 Å². The molecule has 0 atom stereocenters. The van der Waals surface area contributed by atoms with Crippen molar-refractivity contribution in [2.45, 2.75) is 11.8 Å². The highest BCUT2D eigenvalue weighted by Crippen LogP contribution is 2.25. The molecule has 1 heterocycles. The Morgan fingerprint density at radius 1 is 0.917 bits per heavy atom. The van der Waals surface area contributed by atoms with E-state index in [-0.39, 0.29) is 4.90 Å². The Morgan fingerprint density at radius 2 is 1.54 bits per heavy atom. The summed E-state index contributed by atoms with van der Waals surface area (Å²) < 4.78 is 26.9. The number of nitrogens with zero attached hydrogens (tertiary/aromatic N) is 2. The van der Waals surface area contributed by atoms with Crippen molar-refractivity contribution in [1.82, 2.24) is 4.31 Å². The van der Waals surface area contributed by atoms with E-state index in [1.807, 2.05) is 25.1 Å². The molecule has 0 bridgehead atoms. The maximum absolute atomic E-state index is 12.7. The van der Waals surface area contributed by atoms with Crippen molar-refractivity contribution in [2.75, 3.05) is 31.1 Å². The summed E-state index contributed by atoms with van der Waals surface area (Å²) in [6.07, 6.45) is 0. The monoisotopic (exact) mass is 384 g/mol. The first-order valence-corrected chi connectivity index (χ1v) is 9.84. The third-order valence-electron chi connectivity index (χ3n) is 4.21. The lowest BCUT2D eigenvalue weighted by molar-refractivity contribution is 0.385. The van der Waals surface area contributed by atoms with Crippen LogP contribution in [0.15, 0.2) is 47.4 Å². The quantitative estimate of drug-likeness (QED) is 0.807. The van der Waals surface area contributed by atoms with Gasteiger partial charge in [-0.2, -0.15) is 4.31 Å². The van der Waals surface area contributed by atoms with E-state index in [0.717, 1.165) is 16.3 Å². The number of rotatable bonds is 3. The number of hydrogen-bond acceptors (Lipinski definition) is 3. The van der Waals surface area contributed by atoms with Gasteiger partial charge in [0.05, 0.1) is 4.90 Å². The first-order chi connectivity index (χ1) is 11.4. The summed E-state index contributed by atoms with van der Waals surface area (Å²) in [7, 11) is -3.48. The topological polar surface area (TPSA) is 40.6 Å². The van der Waals surface area contributed by atoms with Gasteiger partial charge in [0.2, 0.25) is 10.0 Å². The van der Waals surface area contributed by atoms with Crippen molar-refractivity contribution in [3.8, 4) is 0 Å². The van der Waals surface area contributed by atoms with Gasteiger partial charge in [0, 0.05) is 41.9 Å². The molecule has 0 aliphatic carbocycles. The predicted octanol–water partition coefficient (Wildman–Crippen LogP) is 3.81. The zero-order chi connectivity index (χ0) is 17.3. The molecule has 3 rings (SSSR count). The highest BCUT2D eigenvalue weighted by Gasteiger charge is 2.28. The minimum Gasteiger partial charge on any atom is -0.369 e. The summed E-state index contributed by atoms with van der Waals surface area (Å²) in [6, 6.07) is 12.2. The minimum atomic E-state index is -3.48. The Bertz CT molecular complexity index is 830. The average Bonchev–Trinajstić information content (AvgIpc) is 2.58. The van der Waals surface area contributed by atoms with Gasteiger partial charge in [0.1, 0.15) is 0 Å². The summed E-state index contributed by atoms with van der Waals surface area (Å²) in [6.45, 7) is 4.11. The molecular formula is C17H18Cl2N2O2S. The molecule has 128 valence electrons. The van der Waals surface area contributed by atoms with Crippen LogP contribution in [0, 0.1) is 6.92 Å². The second kappa shape index (κ2) is 6.92. The second-order valence-corrected chi connectivity index (χ2v) is 8.56. The summed E-state index contributed by atoms with van der Waals surface area (Å²) >= 11 is 12.0. The smallest absolute Gasteiger partial charge is 0.243 e. The Morgan fingerprint density at radius 3 is 2.12 bits per heavy atom. The number of aryl methyl sites for hydroxylation is 1. The normalized spacial score (nSPS) is 16.4. The van der Waals surface area contributed by atoms with E-state index in [4.69, 9.17) is 23.2 Å². The van der Waals surface area contributed by atoms with Gasteiger partial charge in [-0.1, -0.05) is 29.3 Å². The summed E-state index contributed by atoms with van der Waals surface area (Å²) in [5.74, 6) is 0. The van der Waals surface area contributed by atoms with E-state index in [9.17, 15) is 8.42 Å². The van der Waals surface area contributed by atoms with Gasteiger partial charge >= 0.3 is 0 Å². The van der Waals surface area contributed by atoms with Crippen LogP contribution < -0.4 is 4.90 Å². The van der Waals surface area contributed by atoms with Crippen LogP contribution >= 0.6 is 23.2 Å². The summed E-state index contributed by atoms with van der Waals surface area (Å²) in [4.78, 5) is 2.43. The van der Waals surface area contributed by atoms with Gasteiger partial charge in [-0.25, -0.2) is 8.42 Å². The Hall–Kier alpha value is -1.27. The molecule has 0 saturated carbocycles.